The Bertz CT molecular complexity index is 461. The van der Waals surface area contributed by atoms with Crippen LogP contribution in [0.1, 0.15) is 24.8 Å². The van der Waals surface area contributed by atoms with Crippen LogP contribution in [0, 0.1) is 11.3 Å². The van der Waals surface area contributed by atoms with Gasteiger partial charge >= 0.3 is 0 Å². The minimum Gasteiger partial charge on any atom is -0.496 e. The van der Waals surface area contributed by atoms with Gasteiger partial charge in [0.05, 0.1) is 18.6 Å². The molecule has 0 N–H and O–H groups in total. The molecule has 3 heteroatoms. The quantitative estimate of drug-likeness (QED) is 0.760. The molecule has 16 heavy (non-hydrogen) atoms. The molecule has 0 heterocycles. The molecule has 0 bridgehead atoms. The standard InChI is InChI=1S/C13H13NO2/c1-16-12-5-3-2-4-11(12)13(9-14)7-6-10(15)8-13/h2-5H,6-8H2,1H3. The summed E-state index contributed by atoms with van der Waals surface area (Å²) in [6.07, 6.45) is 1.40. The van der Waals surface area contributed by atoms with E-state index >= 15 is 0 Å². The first kappa shape index (κ1) is 10.7. The predicted octanol–water partition coefficient (Wildman–Crippen LogP) is 2.21. The number of nitriles is 1. The molecular weight excluding hydrogens is 202 g/mol. The van der Waals surface area contributed by atoms with Gasteiger partial charge in [-0.15, -0.1) is 0 Å². The molecule has 1 aliphatic carbocycles. The number of carbonyl (C=O) groups is 1. The predicted molar refractivity (Wildman–Crippen MR) is 59.1 cm³/mol. The lowest BCUT2D eigenvalue weighted by Crippen LogP contribution is -2.21. The fourth-order valence-corrected chi connectivity index (χ4v) is 2.29. The van der Waals surface area contributed by atoms with Crippen molar-refractivity contribution in [3.63, 3.8) is 0 Å². The number of carbonyl (C=O) groups excluding carboxylic acids is 1. The molecule has 2 rings (SSSR count). The molecule has 1 aromatic carbocycles. The van der Waals surface area contributed by atoms with Crippen LogP contribution in [0.3, 0.4) is 0 Å². The van der Waals surface area contributed by atoms with Gasteiger partial charge in [0.2, 0.25) is 0 Å². The minimum atomic E-state index is -0.677. The first-order chi connectivity index (χ1) is 7.72. The fourth-order valence-electron chi connectivity index (χ4n) is 2.29. The Morgan fingerprint density at radius 1 is 1.44 bits per heavy atom. The van der Waals surface area contributed by atoms with Gasteiger partial charge in [0, 0.05) is 18.4 Å². The van der Waals surface area contributed by atoms with Gasteiger partial charge in [-0.05, 0) is 12.5 Å². The van der Waals surface area contributed by atoms with Crippen molar-refractivity contribution in [3.05, 3.63) is 29.8 Å². The van der Waals surface area contributed by atoms with Crippen LogP contribution in [0.2, 0.25) is 0 Å². The third kappa shape index (κ3) is 1.57. The third-order valence-electron chi connectivity index (χ3n) is 3.17. The number of ether oxygens (including phenoxy) is 1. The third-order valence-corrected chi connectivity index (χ3v) is 3.17. The highest BCUT2D eigenvalue weighted by Crippen LogP contribution is 2.42. The van der Waals surface area contributed by atoms with Crippen LogP contribution in [0.15, 0.2) is 24.3 Å². The zero-order valence-corrected chi connectivity index (χ0v) is 9.19. The summed E-state index contributed by atoms with van der Waals surface area (Å²) in [5.74, 6) is 0.853. The zero-order valence-electron chi connectivity index (χ0n) is 9.19. The summed E-state index contributed by atoms with van der Waals surface area (Å²) in [5.41, 5.74) is 0.162. The summed E-state index contributed by atoms with van der Waals surface area (Å²) in [7, 11) is 1.58. The molecule has 1 unspecified atom stereocenters. The summed E-state index contributed by atoms with van der Waals surface area (Å²) < 4.78 is 5.26. The first-order valence-electron chi connectivity index (χ1n) is 5.28. The SMILES string of the molecule is COc1ccccc1C1(C#N)CCC(=O)C1. The van der Waals surface area contributed by atoms with Gasteiger partial charge in [0.1, 0.15) is 11.5 Å². The molecule has 0 saturated heterocycles. The van der Waals surface area contributed by atoms with Crippen LogP contribution in [0.4, 0.5) is 0 Å². The van der Waals surface area contributed by atoms with Crippen LogP contribution in [0.5, 0.6) is 5.75 Å². The van der Waals surface area contributed by atoms with E-state index < -0.39 is 5.41 Å². The average Bonchev–Trinajstić information content (AvgIpc) is 2.72. The Kier molecular flexibility index (Phi) is 2.66. The number of nitrogens with zero attached hydrogens (tertiary/aromatic N) is 1. The molecule has 1 saturated carbocycles. The number of Topliss-reactive ketones (excluding diaryl/α,β-unsaturated/α-hetero) is 1. The molecule has 1 aliphatic rings. The molecule has 3 nitrogen and oxygen atoms in total. The summed E-state index contributed by atoms with van der Waals surface area (Å²) in [6.45, 7) is 0. The highest BCUT2D eigenvalue weighted by Gasteiger charge is 2.42. The van der Waals surface area contributed by atoms with Crippen molar-refractivity contribution in [2.75, 3.05) is 7.11 Å². The molecule has 82 valence electrons. The Labute approximate surface area is 94.6 Å². The Morgan fingerprint density at radius 3 is 2.75 bits per heavy atom. The van der Waals surface area contributed by atoms with E-state index in [1.54, 1.807) is 7.11 Å². The average molecular weight is 215 g/mol. The number of para-hydroxylation sites is 1. The van der Waals surface area contributed by atoms with E-state index in [-0.39, 0.29) is 5.78 Å². The maximum atomic E-state index is 11.4. The summed E-state index contributed by atoms with van der Waals surface area (Å²) >= 11 is 0. The lowest BCUT2D eigenvalue weighted by molar-refractivity contribution is -0.117. The van der Waals surface area contributed by atoms with Crippen LogP contribution in [-0.2, 0) is 10.2 Å². The van der Waals surface area contributed by atoms with Gasteiger partial charge in [-0.2, -0.15) is 5.26 Å². The van der Waals surface area contributed by atoms with E-state index in [1.807, 2.05) is 24.3 Å². The maximum Gasteiger partial charge on any atom is 0.134 e. The molecule has 1 aromatic rings. The number of ketones is 1. The maximum absolute atomic E-state index is 11.4. The zero-order chi connectivity index (χ0) is 11.6. The Balaban J connectivity index is 2.49. The van der Waals surface area contributed by atoms with E-state index in [4.69, 9.17) is 4.74 Å². The van der Waals surface area contributed by atoms with Crippen LogP contribution < -0.4 is 4.74 Å². The summed E-state index contributed by atoms with van der Waals surface area (Å²) in [4.78, 5) is 11.4. The van der Waals surface area contributed by atoms with E-state index in [9.17, 15) is 10.1 Å². The van der Waals surface area contributed by atoms with Crippen molar-refractivity contribution in [1.29, 1.82) is 5.26 Å². The van der Waals surface area contributed by atoms with Crippen molar-refractivity contribution < 1.29 is 9.53 Å². The van der Waals surface area contributed by atoms with E-state index in [1.165, 1.54) is 0 Å². The lowest BCUT2D eigenvalue weighted by atomic mass is 9.80. The van der Waals surface area contributed by atoms with Gasteiger partial charge in [-0.25, -0.2) is 0 Å². The van der Waals surface area contributed by atoms with Crippen molar-refractivity contribution in [1.82, 2.24) is 0 Å². The Hall–Kier alpha value is -1.82. The molecule has 1 atom stereocenters. The van der Waals surface area contributed by atoms with Gasteiger partial charge < -0.3 is 4.74 Å². The van der Waals surface area contributed by atoms with Crippen LogP contribution >= 0.6 is 0 Å². The number of hydrogen-bond donors (Lipinski definition) is 0. The van der Waals surface area contributed by atoms with Crippen molar-refractivity contribution in [3.8, 4) is 11.8 Å². The van der Waals surface area contributed by atoms with E-state index in [0.29, 0.717) is 25.0 Å². The molecule has 0 aliphatic heterocycles. The van der Waals surface area contributed by atoms with E-state index in [2.05, 4.69) is 6.07 Å². The number of rotatable bonds is 2. The Morgan fingerprint density at radius 2 is 2.19 bits per heavy atom. The summed E-state index contributed by atoms with van der Waals surface area (Å²) in [5, 5.41) is 9.35. The topological polar surface area (TPSA) is 50.1 Å². The van der Waals surface area contributed by atoms with Gasteiger partial charge in [0.15, 0.2) is 0 Å². The smallest absolute Gasteiger partial charge is 0.134 e. The minimum absolute atomic E-state index is 0.160. The normalized spacial score (nSPS) is 24.1. The van der Waals surface area contributed by atoms with Gasteiger partial charge in [-0.3, -0.25) is 4.79 Å². The molecule has 0 aromatic heterocycles. The van der Waals surface area contributed by atoms with Crippen molar-refractivity contribution in [2.24, 2.45) is 0 Å². The molecule has 0 amide bonds. The highest BCUT2D eigenvalue weighted by molar-refractivity contribution is 5.84. The van der Waals surface area contributed by atoms with Gasteiger partial charge in [0.25, 0.3) is 0 Å². The largest absolute Gasteiger partial charge is 0.496 e. The van der Waals surface area contributed by atoms with Crippen LogP contribution in [-0.4, -0.2) is 12.9 Å². The summed E-state index contributed by atoms with van der Waals surface area (Å²) in [6, 6.07) is 9.74. The number of benzene rings is 1. The number of methoxy groups -OCH3 is 1. The van der Waals surface area contributed by atoms with Crippen molar-refractivity contribution >= 4 is 5.78 Å². The second-order valence-corrected chi connectivity index (χ2v) is 4.11. The fraction of sp³-hybridized carbons (Fsp3) is 0.385. The highest BCUT2D eigenvalue weighted by atomic mass is 16.5. The second-order valence-electron chi connectivity index (χ2n) is 4.11. The monoisotopic (exact) mass is 215 g/mol. The van der Waals surface area contributed by atoms with Crippen molar-refractivity contribution in [2.45, 2.75) is 24.7 Å². The molecule has 0 spiro atoms. The first-order valence-corrected chi connectivity index (χ1v) is 5.28. The molecule has 1 fully saturated rings. The van der Waals surface area contributed by atoms with Gasteiger partial charge in [-0.1, -0.05) is 18.2 Å². The molecule has 0 radical (unpaired) electrons. The van der Waals surface area contributed by atoms with Crippen LogP contribution in [0.25, 0.3) is 0 Å². The van der Waals surface area contributed by atoms with E-state index in [0.717, 1.165) is 5.56 Å². The molecular formula is C13H13NO2. The number of hydrogen-bond acceptors (Lipinski definition) is 3. The second kappa shape index (κ2) is 3.97. The lowest BCUT2D eigenvalue weighted by Gasteiger charge is -2.22.